The number of nitrogens with zero attached hydrogens (tertiary/aromatic N) is 3. The van der Waals surface area contributed by atoms with Crippen LogP contribution in [0.15, 0.2) is 84.0 Å². The average molecular weight is 505 g/mol. The number of rotatable bonds is 9. The molecule has 3 aromatic carbocycles. The van der Waals surface area contributed by atoms with Gasteiger partial charge in [-0.25, -0.2) is 0 Å². The number of carbonyl (C=O) groups is 1. The quantitative estimate of drug-likeness (QED) is 0.217. The first-order valence-corrected chi connectivity index (χ1v) is 13.0. The van der Waals surface area contributed by atoms with Crippen LogP contribution in [-0.4, -0.2) is 26.0 Å². The van der Waals surface area contributed by atoms with E-state index >= 15 is 0 Å². The monoisotopic (exact) mass is 504 g/mol. The number of nitrogens with one attached hydrogen (secondary N) is 1. The van der Waals surface area contributed by atoms with Crippen LogP contribution in [0.2, 0.25) is 0 Å². The lowest BCUT2D eigenvalue weighted by atomic mass is 10.0. The maximum Gasteiger partial charge on any atom is 0.238 e. The molecule has 0 aliphatic heterocycles. The van der Waals surface area contributed by atoms with Crippen LogP contribution in [-0.2, 0) is 17.0 Å². The Morgan fingerprint density at radius 3 is 2.34 bits per heavy atom. The van der Waals surface area contributed by atoms with E-state index in [1.807, 2.05) is 34.9 Å². The predicted molar refractivity (Wildman–Crippen MR) is 143 cm³/mol. The topological polar surface area (TPSA) is 59.8 Å². The van der Waals surface area contributed by atoms with Crippen molar-refractivity contribution in [2.75, 3.05) is 0 Å². The molecule has 0 aliphatic carbocycles. The molecule has 1 aromatic heterocycles. The van der Waals surface area contributed by atoms with Gasteiger partial charge in [0.05, 0.1) is 6.04 Å². The van der Waals surface area contributed by atoms with Gasteiger partial charge >= 0.3 is 0 Å². The molecule has 0 saturated heterocycles. The van der Waals surface area contributed by atoms with Gasteiger partial charge in [-0.15, -0.1) is 21.8 Å². The van der Waals surface area contributed by atoms with Gasteiger partial charge in [0.1, 0.15) is 5.38 Å². The number of thioether (sulfide) groups is 1. The summed E-state index contributed by atoms with van der Waals surface area (Å²) in [6.45, 7) is 5.82. The summed E-state index contributed by atoms with van der Waals surface area (Å²) in [4.78, 5) is 12.7. The molecule has 4 rings (SSSR count). The number of benzene rings is 3. The van der Waals surface area contributed by atoms with E-state index in [1.165, 1.54) is 16.7 Å². The Bertz CT molecular complexity index is 1270. The van der Waals surface area contributed by atoms with Crippen LogP contribution in [0.3, 0.4) is 0 Å². The fraction of sp³-hybridized carbons (Fsp3) is 0.250. The summed E-state index contributed by atoms with van der Waals surface area (Å²) in [7, 11) is 0. The van der Waals surface area contributed by atoms with Crippen LogP contribution >= 0.6 is 23.4 Å². The Kier molecular flexibility index (Phi) is 8.26. The largest absolute Gasteiger partial charge is 0.344 e. The summed E-state index contributed by atoms with van der Waals surface area (Å²) in [6.07, 6.45) is 0.572. The zero-order valence-corrected chi connectivity index (χ0v) is 21.7. The molecule has 180 valence electrons. The molecule has 4 aromatic rings. The number of hydrogen-bond donors (Lipinski definition) is 1. The molecule has 0 bridgehead atoms. The number of aromatic nitrogens is 3. The summed E-state index contributed by atoms with van der Waals surface area (Å²) in [6, 6.07) is 26.4. The molecule has 7 heteroatoms. The molecular weight excluding hydrogens is 476 g/mol. The van der Waals surface area contributed by atoms with Gasteiger partial charge in [0.2, 0.25) is 5.91 Å². The Labute approximate surface area is 215 Å². The van der Waals surface area contributed by atoms with Crippen molar-refractivity contribution >= 4 is 29.3 Å². The maximum atomic E-state index is 12.7. The van der Waals surface area contributed by atoms with Gasteiger partial charge < -0.3 is 5.32 Å². The molecule has 0 aliphatic rings. The molecule has 1 amide bonds. The van der Waals surface area contributed by atoms with Crippen LogP contribution in [0.5, 0.6) is 0 Å². The van der Waals surface area contributed by atoms with Gasteiger partial charge in [-0.2, -0.15) is 0 Å². The van der Waals surface area contributed by atoms with Crippen molar-refractivity contribution in [3.63, 3.8) is 0 Å². The normalized spacial score (nSPS) is 12.8. The Morgan fingerprint density at radius 1 is 0.943 bits per heavy atom. The summed E-state index contributed by atoms with van der Waals surface area (Å²) >= 11 is 7.74. The van der Waals surface area contributed by atoms with E-state index in [1.54, 1.807) is 18.7 Å². The first kappa shape index (κ1) is 25.0. The molecule has 0 saturated carbocycles. The highest BCUT2D eigenvalue weighted by molar-refractivity contribution is 7.98. The van der Waals surface area contributed by atoms with E-state index < -0.39 is 11.4 Å². The van der Waals surface area contributed by atoms with Crippen molar-refractivity contribution in [3.05, 3.63) is 107 Å². The molecule has 2 unspecified atom stereocenters. The van der Waals surface area contributed by atoms with Gasteiger partial charge in [-0.3, -0.25) is 9.36 Å². The molecule has 0 spiro atoms. The minimum Gasteiger partial charge on any atom is -0.344 e. The molecule has 1 N–H and O–H groups in total. The second kappa shape index (κ2) is 11.6. The van der Waals surface area contributed by atoms with E-state index in [2.05, 4.69) is 77.9 Å². The minimum atomic E-state index is -0.654. The first-order chi connectivity index (χ1) is 16.9. The van der Waals surface area contributed by atoms with Crippen LogP contribution in [0.1, 0.15) is 41.0 Å². The van der Waals surface area contributed by atoms with Crippen molar-refractivity contribution in [2.24, 2.45) is 0 Å². The third kappa shape index (κ3) is 6.53. The second-order valence-corrected chi connectivity index (χ2v) is 10.3. The van der Waals surface area contributed by atoms with Gasteiger partial charge in [0, 0.05) is 11.4 Å². The number of halogens is 1. The lowest BCUT2D eigenvalue weighted by molar-refractivity contribution is -0.121. The van der Waals surface area contributed by atoms with Gasteiger partial charge in [-0.1, -0.05) is 89.6 Å². The van der Waals surface area contributed by atoms with Crippen molar-refractivity contribution < 1.29 is 4.79 Å². The van der Waals surface area contributed by atoms with E-state index in [0.29, 0.717) is 12.2 Å². The van der Waals surface area contributed by atoms with E-state index in [0.717, 1.165) is 22.2 Å². The molecule has 0 radical (unpaired) electrons. The van der Waals surface area contributed by atoms with E-state index in [-0.39, 0.29) is 5.91 Å². The molecule has 0 fully saturated rings. The van der Waals surface area contributed by atoms with Crippen LogP contribution in [0.4, 0.5) is 0 Å². The minimum absolute atomic E-state index is 0.236. The van der Waals surface area contributed by atoms with Crippen molar-refractivity contribution in [1.29, 1.82) is 0 Å². The molecule has 2 atom stereocenters. The zero-order chi connectivity index (χ0) is 24.8. The number of hydrogen-bond acceptors (Lipinski definition) is 4. The zero-order valence-electron chi connectivity index (χ0n) is 20.1. The summed E-state index contributed by atoms with van der Waals surface area (Å²) in [5.41, 5.74) is 5.66. The lowest BCUT2D eigenvalue weighted by Crippen LogP contribution is -2.35. The third-order valence-electron chi connectivity index (χ3n) is 5.67. The van der Waals surface area contributed by atoms with E-state index in [9.17, 15) is 4.79 Å². The second-order valence-electron chi connectivity index (χ2n) is 8.66. The van der Waals surface area contributed by atoms with Crippen LogP contribution in [0.25, 0.3) is 5.69 Å². The summed E-state index contributed by atoms with van der Waals surface area (Å²) in [5.74, 6) is 1.20. The smallest absolute Gasteiger partial charge is 0.238 e. The standard InChI is InChI=1S/C28H29ClN4OS/c1-19-12-14-24(15-13-19)33-26(31-32-28(33)35-18-23-11-7-8-20(2)16-23)25(30-27(34)21(3)29)17-22-9-5-4-6-10-22/h4-16,21,25H,17-18H2,1-3H3,(H,30,34). The van der Waals surface area contributed by atoms with Crippen LogP contribution in [0, 0.1) is 13.8 Å². The summed E-state index contributed by atoms with van der Waals surface area (Å²) < 4.78 is 2.05. The van der Waals surface area contributed by atoms with Crippen LogP contribution < -0.4 is 5.32 Å². The Hall–Kier alpha value is -3.09. The highest BCUT2D eigenvalue weighted by Gasteiger charge is 2.26. The van der Waals surface area contributed by atoms with Crippen molar-refractivity contribution in [2.45, 2.75) is 49.5 Å². The summed E-state index contributed by atoms with van der Waals surface area (Å²) in [5, 5.41) is 12.4. The van der Waals surface area contributed by atoms with E-state index in [4.69, 9.17) is 11.6 Å². The van der Waals surface area contributed by atoms with Gasteiger partial charge in [0.25, 0.3) is 0 Å². The Morgan fingerprint density at radius 2 is 1.66 bits per heavy atom. The predicted octanol–water partition coefficient (Wildman–Crippen LogP) is 6.20. The maximum absolute atomic E-state index is 12.7. The average Bonchev–Trinajstić information content (AvgIpc) is 3.27. The fourth-order valence-corrected chi connectivity index (χ4v) is 4.79. The van der Waals surface area contributed by atoms with Crippen molar-refractivity contribution in [1.82, 2.24) is 20.1 Å². The SMILES string of the molecule is Cc1ccc(-n2c(SCc3cccc(C)c3)nnc2C(Cc2ccccc2)NC(=O)C(C)Cl)cc1. The lowest BCUT2D eigenvalue weighted by Gasteiger charge is -2.21. The van der Waals surface area contributed by atoms with Gasteiger partial charge in [-0.05, 0) is 50.5 Å². The van der Waals surface area contributed by atoms with Crippen molar-refractivity contribution in [3.8, 4) is 5.69 Å². The third-order valence-corrected chi connectivity index (χ3v) is 6.87. The molecule has 35 heavy (non-hydrogen) atoms. The highest BCUT2D eigenvalue weighted by atomic mass is 35.5. The fourth-order valence-electron chi connectivity index (χ4n) is 3.83. The number of carbonyl (C=O) groups excluding carboxylic acids is 1. The van der Waals surface area contributed by atoms with Gasteiger partial charge in [0.15, 0.2) is 11.0 Å². The molecule has 5 nitrogen and oxygen atoms in total. The number of aryl methyl sites for hydroxylation is 2. The highest BCUT2D eigenvalue weighted by Crippen LogP contribution is 2.29. The molecule has 1 heterocycles. The Balaban J connectivity index is 1.73. The number of amides is 1. The molecular formula is C28H29ClN4OS. The number of alkyl halides is 1. The first-order valence-electron chi connectivity index (χ1n) is 11.6.